The van der Waals surface area contributed by atoms with Crippen molar-refractivity contribution < 1.29 is 9.53 Å². The fraction of sp³-hybridized carbons (Fsp3) is 0.0278. The maximum absolute atomic E-state index is 12.0. The number of esters is 1. The number of hydrogen-bond donors (Lipinski definition) is 4. The van der Waals surface area contributed by atoms with Crippen molar-refractivity contribution in [1.29, 1.82) is 0 Å². The standard InChI is InChI=1S/C36H24N8O2/c1-2-27(45)46-18-19-10-9-17-26-28(19)36-43-34-25-16-8-7-15-24(25)32(41-34)39-30-21-12-4-3-11-20(21)29(37-30)38-31-22-13-5-6-14-23(22)33(40-31)42-35(26)44-36/h2-17H,1,18H2,(H4,37,38,39,40,41,42,43,44). The molecular formula is C36H24N8O2. The van der Waals surface area contributed by atoms with Gasteiger partial charge in [-0.05, 0) is 0 Å². The molecule has 0 amide bonds. The Labute approximate surface area is 259 Å². The molecule has 5 heterocycles. The van der Waals surface area contributed by atoms with Gasteiger partial charge in [-0.15, -0.1) is 0 Å². The summed E-state index contributed by atoms with van der Waals surface area (Å²) < 4.78 is 5.47. The summed E-state index contributed by atoms with van der Waals surface area (Å²) in [7, 11) is 0. The molecule has 10 nitrogen and oxygen atoms in total. The second-order valence-corrected chi connectivity index (χ2v) is 11.0. The van der Waals surface area contributed by atoms with Crippen molar-refractivity contribution in [2.75, 3.05) is 0 Å². The molecule has 0 atom stereocenters. The predicted octanol–water partition coefficient (Wildman–Crippen LogP) is 5.96. The van der Waals surface area contributed by atoms with Crippen LogP contribution in [0, 0.1) is 0 Å². The first-order valence-electron chi connectivity index (χ1n) is 14.8. The Morgan fingerprint density at radius 1 is 0.543 bits per heavy atom. The molecule has 0 unspecified atom stereocenters. The molecule has 8 bridgehead atoms. The Morgan fingerprint density at radius 2 is 0.957 bits per heavy atom. The number of hydrogen-bond acceptors (Lipinski definition) is 6. The van der Waals surface area contributed by atoms with Gasteiger partial charge < -0.3 is 24.7 Å². The third kappa shape index (κ3) is 4.01. The lowest BCUT2D eigenvalue weighted by Crippen LogP contribution is -2.10. The van der Waals surface area contributed by atoms with Crippen molar-refractivity contribution in [3.05, 3.63) is 131 Å². The average molecular weight is 601 g/mol. The van der Waals surface area contributed by atoms with E-state index in [9.17, 15) is 4.79 Å². The van der Waals surface area contributed by atoms with Crippen LogP contribution in [0.25, 0.3) is 43.1 Å². The molecule has 4 aromatic carbocycles. The molecule has 1 aliphatic heterocycles. The van der Waals surface area contributed by atoms with Gasteiger partial charge in [0.25, 0.3) is 0 Å². The Morgan fingerprint density at radius 3 is 1.46 bits per heavy atom. The molecule has 0 spiro atoms. The number of aromatic amines is 4. The normalized spacial score (nSPS) is 12.4. The lowest BCUT2D eigenvalue weighted by molar-refractivity contribution is -0.138. The van der Waals surface area contributed by atoms with Crippen LogP contribution in [0.15, 0.2) is 124 Å². The average Bonchev–Trinajstić information content (AvgIpc) is 3.83. The number of ether oxygens (including phenoxy) is 1. The molecular weight excluding hydrogens is 576 g/mol. The summed E-state index contributed by atoms with van der Waals surface area (Å²) in [5.41, 5.74) is 3.38. The van der Waals surface area contributed by atoms with Crippen molar-refractivity contribution >= 4 is 72.3 Å². The maximum atomic E-state index is 12.0. The monoisotopic (exact) mass is 600 g/mol. The van der Waals surface area contributed by atoms with Gasteiger partial charge in [0.1, 0.15) is 51.8 Å². The van der Waals surface area contributed by atoms with Crippen LogP contribution in [-0.4, -0.2) is 25.9 Å². The van der Waals surface area contributed by atoms with Crippen LogP contribution in [0.3, 0.4) is 0 Å². The number of fused-ring (bicyclic) bond motifs is 20. The zero-order valence-electron chi connectivity index (χ0n) is 24.3. The summed E-state index contributed by atoms with van der Waals surface area (Å²) in [6, 6.07) is 29.9. The summed E-state index contributed by atoms with van der Waals surface area (Å²) in [5, 5.41) is 7.19. The summed E-state index contributed by atoms with van der Waals surface area (Å²) in [6.07, 6.45) is 1.15. The summed E-state index contributed by atoms with van der Waals surface area (Å²) in [6.45, 7) is 3.57. The van der Waals surface area contributed by atoms with Crippen LogP contribution in [0.5, 0.6) is 0 Å². The largest absolute Gasteiger partial charge is 0.458 e. The van der Waals surface area contributed by atoms with Crippen LogP contribution in [0.4, 0.5) is 23.3 Å². The minimum Gasteiger partial charge on any atom is -0.458 e. The highest BCUT2D eigenvalue weighted by Crippen LogP contribution is 2.37. The van der Waals surface area contributed by atoms with E-state index in [1.165, 1.54) is 0 Å². The molecule has 0 aliphatic carbocycles. The summed E-state index contributed by atoms with van der Waals surface area (Å²) in [4.78, 5) is 46.3. The molecule has 1 aliphatic rings. The third-order valence-corrected chi connectivity index (χ3v) is 8.33. The second-order valence-electron chi connectivity index (χ2n) is 11.0. The Kier molecular flexibility index (Phi) is 5.63. The molecule has 8 aromatic rings. The summed E-state index contributed by atoms with van der Waals surface area (Å²) >= 11 is 0. The highest BCUT2D eigenvalue weighted by Gasteiger charge is 2.17. The topological polar surface area (TPSA) is 139 Å². The minimum absolute atomic E-state index is 0.0462. The van der Waals surface area contributed by atoms with Gasteiger partial charge in [0.15, 0.2) is 0 Å². The number of benzene rings is 4. The molecule has 220 valence electrons. The van der Waals surface area contributed by atoms with E-state index in [4.69, 9.17) is 24.7 Å². The van der Waals surface area contributed by atoms with Gasteiger partial charge in [-0.2, -0.15) is 0 Å². The minimum atomic E-state index is -0.503. The first-order valence-corrected chi connectivity index (χ1v) is 14.8. The maximum Gasteiger partial charge on any atom is 0.330 e. The third-order valence-electron chi connectivity index (χ3n) is 8.33. The van der Waals surface area contributed by atoms with Crippen LogP contribution in [-0.2, 0) is 16.1 Å². The van der Waals surface area contributed by atoms with E-state index in [0.717, 1.165) is 54.7 Å². The molecule has 0 saturated carbocycles. The molecule has 9 rings (SSSR count). The zero-order chi connectivity index (χ0) is 30.8. The van der Waals surface area contributed by atoms with E-state index in [2.05, 4.69) is 26.5 Å². The van der Waals surface area contributed by atoms with E-state index >= 15 is 0 Å². The highest BCUT2D eigenvalue weighted by molar-refractivity contribution is 6.02. The predicted molar refractivity (Wildman–Crippen MR) is 176 cm³/mol. The Hall–Kier alpha value is -6.55. The van der Waals surface area contributed by atoms with Crippen LogP contribution in [0.2, 0.25) is 0 Å². The lowest BCUT2D eigenvalue weighted by atomic mass is 10.1. The van der Waals surface area contributed by atoms with Crippen LogP contribution in [0.1, 0.15) is 5.56 Å². The smallest absolute Gasteiger partial charge is 0.330 e. The van der Waals surface area contributed by atoms with Crippen molar-refractivity contribution in [2.24, 2.45) is 20.0 Å². The first-order chi connectivity index (χ1) is 22.6. The van der Waals surface area contributed by atoms with Gasteiger partial charge in [0, 0.05) is 54.7 Å². The molecule has 4 N–H and O–H groups in total. The first kappa shape index (κ1) is 25.9. The van der Waals surface area contributed by atoms with Crippen LogP contribution >= 0.6 is 0 Å². The van der Waals surface area contributed by atoms with Crippen molar-refractivity contribution in [1.82, 2.24) is 19.9 Å². The zero-order valence-corrected chi connectivity index (χ0v) is 24.3. The number of H-pyrrole nitrogens is 4. The van der Waals surface area contributed by atoms with Gasteiger partial charge in [-0.1, -0.05) is 97.6 Å². The molecule has 0 saturated heterocycles. The molecule has 46 heavy (non-hydrogen) atoms. The van der Waals surface area contributed by atoms with E-state index in [0.29, 0.717) is 45.2 Å². The second kappa shape index (κ2) is 10.00. The fourth-order valence-corrected chi connectivity index (χ4v) is 6.22. The molecule has 0 fully saturated rings. The number of carbonyl (C=O) groups is 1. The quantitative estimate of drug-likeness (QED) is 0.147. The van der Waals surface area contributed by atoms with Gasteiger partial charge in [-0.25, -0.2) is 24.8 Å². The SMILES string of the molecule is C=CC(=O)OCc1cccc2c3[nH]c(c12)N=c1[nH]c(c2ccccc12)=Nc1[nH]c(c2ccccc12)N=c1[nH]c(c2ccccc12)=N3. The van der Waals surface area contributed by atoms with Gasteiger partial charge >= 0.3 is 5.97 Å². The van der Waals surface area contributed by atoms with Crippen molar-refractivity contribution in [2.45, 2.75) is 6.61 Å². The number of nitrogens with one attached hydrogen (secondary N) is 4. The van der Waals surface area contributed by atoms with E-state index < -0.39 is 5.97 Å². The van der Waals surface area contributed by atoms with E-state index in [1.807, 2.05) is 91.0 Å². The summed E-state index contributed by atoms with van der Waals surface area (Å²) in [5.74, 6) is 2.03. The number of aromatic nitrogens is 4. The lowest BCUT2D eigenvalue weighted by Gasteiger charge is -2.05. The van der Waals surface area contributed by atoms with Gasteiger partial charge in [0.2, 0.25) is 0 Å². The molecule has 0 radical (unpaired) electrons. The van der Waals surface area contributed by atoms with Gasteiger partial charge in [0.05, 0.1) is 0 Å². The van der Waals surface area contributed by atoms with E-state index in [-0.39, 0.29) is 6.61 Å². The Bertz CT molecular complexity index is 2810. The molecule has 4 aromatic heterocycles. The number of rotatable bonds is 3. The van der Waals surface area contributed by atoms with E-state index in [1.54, 1.807) is 0 Å². The molecule has 10 heteroatoms. The number of carbonyl (C=O) groups excluding carboxylic acids is 1. The highest BCUT2D eigenvalue weighted by atomic mass is 16.5. The van der Waals surface area contributed by atoms with Crippen molar-refractivity contribution in [3.8, 4) is 0 Å². The van der Waals surface area contributed by atoms with Gasteiger partial charge in [-0.3, -0.25) is 0 Å². The number of nitrogens with zero attached hydrogens (tertiary/aromatic N) is 4. The fourth-order valence-electron chi connectivity index (χ4n) is 6.22. The Balaban J connectivity index is 1.45. The van der Waals surface area contributed by atoms with Crippen molar-refractivity contribution in [3.63, 3.8) is 0 Å². The van der Waals surface area contributed by atoms with Crippen LogP contribution < -0.4 is 22.0 Å².